The summed E-state index contributed by atoms with van der Waals surface area (Å²) < 4.78 is 0. The van der Waals surface area contributed by atoms with E-state index in [1.165, 1.54) is 0 Å². The molecule has 10 heteroatoms. The van der Waals surface area contributed by atoms with Gasteiger partial charge in [-0.25, -0.2) is 0 Å². The van der Waals surface area contributed by atoms with E-state index in [0.717, 1.165) is 18.2 Å². The van der Waals surface area contributed by atoms with Gasteiger partial charge in [0, 0.05) is 28.8 Å². The maximum Gasteiger partial charge on any atom is 0.311 e. The van der Waals surface area contributed by atoms with Gasteiger partial charge in [0.1, 0.15) is 0 Å². The average Bonchev–Trinajstić information content (AvgIpc) is 2.51. The minimum Gasteiger partial charge on any atom is -0.502 e. The van der Waals surface area contributed by atoms with Crippen molar-refractivity contribution in [1.82, 2.24) is 0 Å². The molecule has 3 rings (SSSR count). The van der Waals surface area contributed by atoms with Crippen LogP contribution in [0.2, 0.25) is 0 Å². The number of fused-ring (bicyclic) bond motifs is 2. The zero-order valence-electron chi connectivity index (χ0n) is 11.5. The molecule has 2 aromatic carbocycles. The minimum absolute atomic E-state index is 0.288. The molecule has 0 aromatic heterocycles. The highest BCUT2D eigenvalue weighted by Gasteiger charge is 2.37. The Labute approximate surface area is 131 Å². The van der Waals surface area contributed by atoms with Gasteiger partial charge >= 0.3 is 11.4 Å². The van der Waals surface area contributed by atoms with Crippen molar-refractivity contribution in [2.45, 2.75) is 0 Å². The predicted molar refractivity (Wildman–Crippen MR) is 76.4 cm³/mol. The number of ketones is 2. The number of benzene rings is 2. The van der Waals surface area contributed by atoms with Crippen LogP contribution in [0.15, 0.2) is 24.3 Å². The molecule has 0 heterocycles. The van der Waals surface area contributed by atoms with Gasteiger partial charge in [0.25, 0.3) is 0 Å². The summed E-state index contributed by atoms with van der Waals surface area (Å²) in [5, 5.41) is 41.3. The van der Waals surface area contributed by atoms with Gasteiger partial charge in [0.2, 0.25) is 5.75 Å². The first-order chi connectivity index (χ1) is 11.2. The van der Waals surface area contributed by atoms with E-state index in [4.69, 9.17) is 0 Å². The summed E-state index contributed by atoms with van der Waals surface area (Å²) in [5.41, 5.74) is -3.17. The Kier molecular flexibility index (Phi) is 3.04. The molecule has 0 amide bonds. The predicted octanol–water partition coefficient (Wildman–Crippen LogP) is 1.69. The molecule has 0 saturated heterocycles. The molecule has 24 heavy (non-hydrogen) atoms. The Balaban J connectivity index is 2.33. The van der Waals surface area contributed by atoms with Crippen molar-refractivity contribution < 1.29 is 29.6 Å². The Morgan fingerprint density at radius 2 is 1.38 bits per heavy atom. The van der Waals surface area contributed by atoms with E-state index in [1.807, 2.05) is 0 Å². The highest BCUT2D eigenvalue weighted by Crippen LogP contribution is 2.40. The van der Waals surface area contributed by atoms with Gasteiger partial charge in [-0.2, -0.15) is 0 Å². The lowest BCUT2D eigenvalue weighted by Crippen LogP contribution is -2.21. The van der Waals surface area contributed by atoms with Crippen LogP contribution in [-0.2, 0) is 0 Å². The standard InChI is InChI=1S/C14H6N2O8/c17-10-4-7-6(3-9(10)16(23)24)13(19)11-5(12(7)18)1-2-8(14(11)20)15(21)22/h1-4,17,20H. The van der Waals surface area contributed by atoms with Crippen LogP contribution in [0.25, 0.3) is 0 Å². The highest BCUT2D eigenvalue weighted by atomic mass is 16.6. The van der Waals surface area contributed by atoms with E-state index in [2.05, 4.69) is 0 Å². The van der Waals surface area contributed by atoms with Crippen molar-refractivity contribution in [3.63, 3.8) is 0 Å². The minimum atomic E-state index is -0.989. The van der Waals surface area contributed by atoms with Crippen molar-refractivity contribution in [3.05, 3.63) is 66.7 Å². The number of nitrogens with zero attached hydrogens (tertiary/aromatic N) is 2. The number of hydrogen-bond acceptors (Lipinski definition) is 8. The maximum atomic E-state index is 12.5. The van der Waals surface area contributed by atoms with Crippen molar-refractivity contribution in [3.8, 4) is 11.5 Å². The third kappa shape index (κ3) is 1.90. The number of carbonyl (C=O) groups is 2. The van der Waals surface area contributed by atoms with Gasteiger partial charge in [-0.15, -0.1) is 0 Å². The van der Waals surface area contributed by atoms with Crippen LogP contribution in [0.1, 0.15) is 31.8 Å². The monoisotopic (exact) mass is 330 g/mol. The molecule has 0 saturated carbocycles. The zero-order valence-corrected chi connectivity index (χ0v) is 11.5. The first kappa shape index (κ1) is 15.1. The quantitative estimate of drug-likeness (QED) is 0.530. The van der Waals surface area contributed by atoms with Gasteiger partial charge in [-0.1, -0.05) is 0 Å². The molecule has 0 atom stereocenters. The molecule has 1 aliphatic rings. The lowest BCUT2D eigenvalue weighted by Gasteiger charge is -2.18. The third-order valence-electron chi connectivity index (χ3n) is 3.63. The van der Waals surface area contributed by atoms with Crippen molar-refractivity contribution in [1.29, 1.82) is 0 Å². The fourth-order valence-electron chi connectivity index (χ4n) is 2.53. The number of aromatic hydroxyl groups is 2. The molecule has 0 unspecified atom stereocenters. The van der Waals surface area contributed by atoms with Crippen LogP contribution < -0.4 is 0 Å². The second-order valence-electron chi connectivity index (χ2n) is 4.91. The van der Waals surface area contributed by atoms with E-state index in [1.54, 1.807) is 0 Å². The Morgan fingerprint density at radius 3 is 1.96 bits per heavy atom. The molecule has 0 aliphatic heterocycles. The second kappa shape index (κ2) is 4.84. The van der Waals surface area contributed by atoms with Gasteiger partial charge in [0.15, 0.2) is 17.3 Å². The summed E-state index contributed by atoms with van der Waals surface area (Å²) in [5.74, 6) is -3.56. The van der Waals surface area contributed by atoms with E-state index in [-0.39, 0.29) is 11.1 Å². The number of rotatable bonds is 2. The third-order valence-corrected chi connectivity index (χ3v) is 3.63. The first-order valence-corrected chi connectivity index (χ1v) is 6.35. The van der Waals surface area contributed by atoms with Crippen molar-refractivity contribution in [2.75, 3.05) is 0 Å². The topological polar surface area (TPSA) is 161 Å². The second-order valence-corrected chi connectivity index (χ2v) is 4.91. The Hall–Kier alpha value is -3.82. The van der Waals surface area contributed by atoms with E-state index >= 15 is 0 Å². The van der Waals surface area contributed by atoms with Crippen LogP contribution in [0.5, 0.6) is 11.5 Å². The molecule has 0 bridgehead atoms. The summed E-state index contributed by atoms with van der Waals surface area (Å²) in [6.07, 6.45) is 0. The number of phenols is 2. The molecule has 10 nitrogen and oxygen atoms in total. The van der Waals surface area contributed by atoms with Gasteiger partial charge in [-0.3, -0.25) is 29.8 Å². The first-order valence-electron chi connectivity index (χ1n) is 6.35. The molecule has 0 spiro atoms. The number of nitro groups is 2. The summed E-state index contributed by atoms with van der Waals surface area (Å²) in [6, 6.07) is 3.37. The van der Waals surface area contributed by atoms with Crippen LogP contribution in [0.4, 0.5) is 11.4 Å². The van der Waals surface area contributed by atoms with E-state index < -0.39 is 55.4 Å². The van der Waals surface area contributed by atoms with Crippen LogP contribution >= 0.6 is 0 Å². The summed E-state index contributed by atoms with van der Waals surface area (Å²) in [4.78, 5) is 44.7. The lowest BCUT2D eigenvalue weighted by molar-refractivity contribution is -0.386. The smallest absolute Gasteiger partial charge is 0.311 e. The molecular weight excluding hydrogens is 324 g/mol. The fourth-order valence-corrected chi connectivity index (χ4v) is 2.53. The largest absolute Gasteiger partial charge is 0.502 e. The van der Waals surface area contributed by atoms with E-state index in [0.29, 0.717) is 6.07 Å². The number of hydrogen-bond donors (Lipinski definition) is 2. The molecule has 1 aliphatic carbocycles. The number of phenolic OH excluding ortho intramolecular Hbond substituents is 2. The summed E-state index contributed by atoms with van der Waals surface area (Å²) in [7, 11) is 0. The Bertz CT molecular complexity index is 975. The number of nitro benzene ring substituents is 2. The van der Waals surface area contributed by atoms with Gasteiger partial charge < -0.3 is 10.2 Å². The average molecular weight is 330 g/mol. The zero-order chi connectivity index (χ0) is 17.8. The normalized spacial score (nSPS) is 12.5. The Morgan fingerprint density at radius 1 is 0.792 bits per heavy atom. The van der Waals surface area contributed by atoms with Gasteiger partial charge in [-0.05, 0) is 12.1 Å². The van der Waals surface area contributed by atoms with Crippen molar-refractivity contribution in [2.24, 2.45) is 0 Å². The van der Waals surface area contributed by atoms with Crippen LogP contribution in [0, 0.1) is 20.2 Å². The summed E-state index contributed by atoms with van der Waals surface area (Å²) in [6.45, 7) is 0. The van der Waals surface area contributed by atoms with Crippen LogP contribution in [-0.4, -0.2) is 31.6 Å². The fraction of sp³-hybridized carbons (Fsp3) is 0. The summed E-state index contributed by atoms with van der Waals surface area (Å²) >= 11 is 0. The molecule has 2 aromatic rings. The maximum absolute atomic E-state index is 12.5. The van der Waals surface area contributed by atoms with E-state index in [9.17, 15) is 40.0 Å². The lowest BCUT2D eigenvalue weighted by atomic mass is 9.83. The molecule has 120 valence electrons. The highest BCUT2D eigenvalue weighted by molar-refractivity contribution is 6.30. The van der Waals surface area contributed by atoms with Crippen molar-refractivity contribution >= 4 is 22.9 Å². The molecule has 2 N–H and O–H groups in total. The number of carbonyl (C=O) groups excluding carboxylic acids is 2. The SMILES string of the molecule is O=C1c2cc(O)c([N+](=O)[O-])cc2C(=O)c2c1ccc([N+](=O)[O-])c2O. The molecule has 0 fully saturated rings. The molecule has 0 radical (unpaired) electrons. The molecular formula is C14H6N2O8. The van der Waals surface area contributed by atoms with Gasteiger partial charge in [0.05, 0.1) is 15.4 Å². The van der Waals surface area contributed by atoms with Crippen LogP contribution in [0.3, 0.4) is 0 Å².